The molecule has 0 aliphatic carbocycles. The summed E-state index contributed by atoms with van der Waals surface area (Å²) >= 11 is 0. The van der Waals surface area contributed by atoms with Gasteiger partial charge in [-0.3, -0.25) is 0 Å². The third kappa shape index (κ3) is 9.04. The normalized spacial score (nSPS) is 10.0. The number of aromatic nitrogens is 2. The maximum atomic E-state index is 9.10. The van der Waals surface area contributed by atoms with Crippen LogP contribution in [0.5, 0.6) is 0 Å². The molecule has 0 radical (unpaired) electrons. The molecule has 0 unspecified atom stereocenters. The van der Waals surface area contributed by atoms with Crippen molar-refractivity contribution >= 4 is 10.4 Å². The van der Waals surface area contributed by atoms with Crippen LogP contribution in [0.15, 0.2) is 18.7 Å². The van der Waals surface area contributed by atoms with Crippen molar-refractivity contribution in [1.82, 2.24) is 9.97 Å². The molecule has 3 N–H and O–H groups in total. The summed E-state index contributed by atoms with van der Waals surface area (Å²) in [7, 11) is -4.63. The predicted octanol–water partition coefficient (Wildman–Crippen LogP) is -1.25. The molecule has 1 rings (SSSR count). The average molecular weight is 180 g/mol. The zero-order valence-electron chi connectivity index (χ0n) is 5.30. The quantitative estimate of drug-likeness (QED) is 0.316. The summed E-state index contributed by atoms with van der Waals surface area (Å²) in [5, 5.41) is 0. The molecule has 0 fully saturated rings. The van der Waals surface area contributed by atoms with E-state index in [0.717, 1.165) is 0 Å². The Morgan fingerprint density at radius 1 is 1.64 bits per heavy atom. The lowest BCUT2D eigenvalue weighted by Crippen LogP contribution is -2.08. The average Bonchev–Trinajstić information content (AvgIpc) is 2.41. The van der Waals surface area contributed by atoms with Crippen LogP contribution in [-0.2, 0) is 14.7 Å². The van der Waals surface area contributed by atoms with Crippen LogP contribution in [0.25, 0.3) is 0 Å². The summed E-state index contributed by atoms with van der Waals surface area (Å²) in [6.07, 6.45) is 5.08. The van der Waals surface area contributed by atoms with Crippen molar-refractivity contribution in [2.75, 3.05) is 0 Å². The number of imidazole rings is 1. The second-order valence-corrected chi connectivity index (χ2v) is 2.27. The van der Waals surface area contributed by atoms with Crippen LogP contribution in [0.3, 0.4) is 0 Å². The third-order valence-electron chi connectivity index (χ3n) is 0.524. The molecule has 0 spiro atoms. The number of nitrogens with two attached hydrogens (primary N) is 1. The largest absolute Gasteiger partial charge is 0.724 e. The van der Waals surface area contributed by atoms with Crippen molar-refractivity contribution in [1.29, 1.82) is 0 Å². The Morgan fingerprint density at radius 3 is 2.27 bits per heavy atom. The van der Waals surface area contributed by atoms with E-state index in [1.807, 2.05) is 0 Å². The summed E-state index contributed by atoms with van der Waals surface area (Å²) in [4.78, 5) is 6.42. The Kier molecular flexibility index (Phi) is 4.38. The van der Waals surface area contributed by atoms with E-state index in [9.17, 15) is 0 Å². The van der Waals surface area contributed by atoms with Gasteiger partial charge in [0.1, 0.15) is 0 Å². The highest BCUT2D eigenvalue weighted by Gasteiger charge is 1.80. The molecule has 11 heavy (non-hydrogen) atoms. The van der Waals surface area contributed by atoms with Gasteiger partial charge >= 0.3 is 0 Å². The minimum Gasteiger partial charge on any atom is -0.724 e. The first-order chi connectivity index (χ1) is 5.06. The minimum absolute atomic E-state index is 1.62. The molecular formula is C3H6N3O4S-. The lowest BCUT2D eigenvalue weighted by Gasteiger charge is -1.97. The van der Waals surface area contributed by atoms with Crippen molar-refractivity contribution in [2.24, 2.45) is 5.90 Å². The molecule has 0 saturated heterocycles. The van der Waals surface area contributed by atoms with Crippen LogP contribution in [0.4, 0.5) is 0 Å². The first-order valence-corrected chi connectivity index (χ1v) is 3.66. The van der Waals surface area contributed by atoms with Gasteiger partial charge in [0.2, 0.25) is 10.4 Å². The summed E-state index contributed by atoms with van der Waals surface area (Å²) in [5.41, 5.74) is 0. The molecule has 0 amide bonds. The third-order valence-corrected chi connectivity index (χ3v) is 0.759. The smallest absolute Gasteiger partial charge is 0.233 e. The Hall–Kier alpha value is -0.960. The van der Waals surface area contributed by atoms with E-state index in [4.69, 9.17) is 13.0 Å². The molecule has 0 bridgehead atoms. The molecule has 8 heteroatoms. The fourth-order valence-electron chi connectivity index (χ4n) is 0.215. The van der Waals surface area contributed by atoms with E-state index in [1.165, 1.54) is 0 Å². The summed E-state index contributed by atoms with van der Waals surface area (Å²) in [6.45, 7) is 0. The molecule has 7 nitrogen and oxygen atoms in total. The van der Waals surface area contributed by atoms with Crippen LogP contribution < -0.4 is 5.90 Å². The van der Waals surface area contributed by atoms with Crippen LogP contribution in [0.2, 0.25) is 0 Å². The van der Waals surface area contributed by atoms with Gasteiger partial charge in [-0.25, -0.2) is 13.4 Å². The van der Waals surface area contributed by atoms with Crippen molar-refractivity contribution < 1.29 is 17.3 Å². The summed E-state index contributed by atoms with van der Waals surface area (Å²) in [6, 6.07) is 0. The van der Waals surface area contributed by atoms with E-state index in [1.54, 1.807) is 18.7 Å². The van der Waals surface area contributed by atoms with Gasteiger partial charge in [-0.05, 0) is 0 Å². The fourth-order valence-corrected chi connectivity index (χ4v) is 0.215. The van der Waals surface area contributed by atoms with Crippen LogP contribution >= 0.6 is 0 Å². The summed E-state index contributed by atoms with van der Waals surface area (Å²) in [5.74, 6) is 3.91. The van der Waals surface area contributed by atoms with Crippen molar-refractivity contribution in [2.45, 2.75) is 0 Å². The van der Waals surface area contributed by atoms with Gasteiger partial charge in [-0.2, -0.15) is 10.2 Å². The molecule has 0 saturated carbocycles. The van der Waals surface area contributed by atoms with Gasteiger partial charge in [0.15, 0.2) is 0 Å². The van der Waals surface area contributed by atoms with E-state index < -0.39 is 10.4 Å². The Balaban J connectivity index is 0.000000183. The van der Waals surface area contributed by atoms with E-state index in [2.05, 4.69) is 20.1 Å². The van der Waals surface area contributed by atoms with Crippen molar-refractivity contribution in [3.05, 3.63) is 18.7 Å². The molecule has 0 atom stereocenters. The number of aromatic amines is 1. The molecule has 0 aromatic carbocycles. The zero-order valence-corrected chi connectivity index (χ0v) is 6.11. The number of nitrogens with one attached hydrogen (secondary N) is 1. The van der Waals surface area contributed by atoms with Crippen LogP contribution in [0.1, 0.15) is 0 Å². The molecule has 64 valence electrons. The SMILES string of the molecule is NOS(=O)(=O)[O-].c1c[nH]cn1. The van der Waals surface area contributed by atoms with Crippen molar-refractivity contribution in [3.8, 4) is 0 Å². The first-order valence-electron chi connectivity index (χ1n) is 2.33. The van der Waals surface area contributed by atoms with Crippen LogP contribution in [-0.4, -0.2) is 22.9 Å². The maximum Gasteiger partial charge on any atom is 0.233 e. The minimum atomic E-state index is -4.63. The van der Waals surface area contributed by atoms with Gasteiger partial charge in [-0.15, -0.1) is 0 Å². The highest BCUT2D eigenvalue weighted by Crippen LogP contribution is 1.70. The van der Waals surface area contributed by atoms with Crippen LogP contribution in [0, 0.1) is 0 Å². The topological polar surface area (TPSA) is 121 Å². The molecular weight excluding hydrogens is 174 g/mol. The van der Waals surface area contributed by atoms with E-state index >= 15 is 0 Å². The molecule has 0 aliphatic heterocycles. The number of H-pyrrole nitrogens is 1. The second kappa shape index (κ2) is 4.79. The highest BCUT2D eigenvalue weighted by atomic mass is 32.3. The zero-order chi connectivity index (χ0) is 8.74. The predicted molar refractivity (Wildman–Crippen MR) is 33.6 cm³/mol. The van der Waals surface area contributed by atoms with Gasteiger partial charge in [0.25, 0.3) is 0 Å². The molecule has 1 heterocycles. The number of hydrogen-bond donors (Lipinski definition) is 2. The Morgan fingerprint density at radius 2 is 2.18 bits per heavy atom. The molecule has 1 aromatic heterocycles. The summed E-state index contributed by atoms with van der Waals surface area (Å²) < 4.78 is 30.1. The number of rotatable bonds is 1. The van der Waals surface area contributed by atoms with Gasteiger partial charge in [0.05, 0.1) is 6.33 Å². The van der Waals surface area contributed by atoms with Gasteiger partial charge < -0.3 is 9.54 Å². The standard InChI is InChI=1S/C3H4N2.H3NO4S/c1-2-5-3-4-1;1-5-6(2,3)4/h1-3H,(H,4,5);1H2,(H,2,3,4)/p-1. The Bertz CT molecular complexity index is 237. The lowest BCUT2D eigenvalue weighted by molar-refractivity contribution is 0.270. The fraction of sp³-hybridized carbons (Fsp3) is 0. The van der Waals surface area contributed by atoms with Crippen molar-refractivity contribution in [3.63, 3.8) is 0 Å². The highest BCUT2D eigenvalue weighted by molar-refractivity contribution is 7.80. The van der Waals surface area contributed by atoms with E-state index in [0.29, 0.717) is 0 Å². The van der Waals surface area contributed by atoms with Gasteiger partial charge in [0, 0.05) is 12.4 Å². The van der Waals surface area contributed by atoms with Gasteiger partial charge in [-0.1, -0.05) is 0 Å². The molecule has 0 aliphatic rings. The number of hydrogen-bond acceptors (Lipinski definition) is 6. The van der Waals surface area contributed by atoms with E-state index in [-0.39, 0.29) is 0 Å². The number of nitrogens with zero attached hydrogens (tertiary/aromatic N) is 1. The first kappa shape index (κ1) is 10.0. The molecule has 1 aromatic rings. The maximum absolute atomic E-state index is 9.10. The monoisotopic (exact) mass is 180 g/mol. The second-order valence-electron chi connectivity index (χ2n) is 1.27. The Labute approximate surface area is 63.1 Å². The lowest BCUT2D eigenvalue weighted by atomic mass is 11.0.